The van der Waals surface area contributed by atoms with Crippen molar-refractivity contribution < 1.29 is 68.5 Å². The first kappa shape index (κ1) is 31.7. The molecule has 28 heavy (non-hydrogen) atoms. The fourth-order valence-corrected chi connectivity index (χ4v) is 3.98. The Labute approximate surface area is 218 Å². The van der Waals surface area contributed by atoms with E-state index in [4.69, 9.17) is 0 Å². The molecule has 0 aromatic carbocycles. The first-order chi connectivity index (χ1) is 13.0. The summed E-state index contributed by atoms with van der Waals surface area (Å²) in [6.07, 6.45) is 22.3. The number of rotatable bonds is 21. The molecule has 6 heteroatoms. The molecule has 0 aromatic heterocycles. The fourth-order valence-electron chi connectivity index (χ4n) is 3.62. The van der Waals surface area contributed by atoms with E-state index >= 15 is 0 Å². The van der Waals surface area contributed by atoms with Crippen molar-refractivity contribution in [2.45, 2.75) is 129 Å². The number of unbranched alkanes of at least 4 members (excludes halogenated alkanes) is 14. The maximum absolute atomic E-state index is 10.7. The molecule has 164 valence electrons. The molecule has 0 spiro atoms. The molecule has 0 aromatic rings. The van der Waals surface area contributed by atoms with Gasteiger partial charge in [-0.05, 0) is 18.8 Å². The summed E-state index contributed by atoms with van der Waals surface area (Å²) in [5.74, 6) is 0.203. The van der Waals surface area contributed by atoms with Crippen molar-refractivity contribution in [1.29, 1.82) is 0 Å². The van der Waals surface area contributed by atoms with E-state index < -0.39 is 10.4 Å². The van der Waals surface area contributed by atoms with E-state index in [9.17, 15) is 13.0 Å². The van der Waals surface area contributed by atoms with Crippen molar-refractivity contribution in [2.24, 2.45) is 5.92 Å². The molecule has 0 radical (unpaired) electrons. The van der Waals surface area contributed by atoms with Crippen LogP contribution in [0.25, 0.3) is 0 Å². The predicted molar refractivity (Wildman–Crippen MR) is 114 cm³/mol. The van der Waals surface area contributed by atoms with Gasteiger partial charge in [-0.25, -0.2) is 8.42 Å². The Morgan fingerprint density at radius 2 is 0.964 bits per heavy atom. The van der Waals surface area contributed by atoms with Crippen LogP contribution in [0.15, 0.2) is 0 Å². The Balaban J connectivity index is 0. The summed E-state index contributed by atoms with van der Waals surface area (Å²) in [6, 6.07) is 0. The average Bonchev–Trinajstić information content (AvgIpc) is 2.62. The van der Waals surface area contributed by atoms with Gasteiger partial charge in [0.2, 0.25) is 10.4 Å². The minimum absolute atomic E-state index is 0. The maximum Gasteiger partial charge on any atom is 1.00 e. The largest absolute Gasteiger partial charge is 1.00 e. The van der Waals surface area contributed by atoms with E-state index in [0.29, 0.717) is 0 Å². The van der Waals surface area contributed by atoms with Crippen LogP contribution in [0.4, 0.5) is 0 Å². The van der Waals surface area contributed by atoms with Crippen LogP contribution in [0.1, 0.15) is 129 Å². The summed E-state index contributed by atoms with van der Waals surface area (Å²) >= 11 is 0. The van der Waals surface area contributed by atoms with Crippen LogP contribution in [0.2, 0.25) is 0 Å². The van der Waals surface area contributed by atoms with Crippen LogP contribution in [0, 0.1) is 5.92 Å². The van der Waals surface area contributed by atoms with Gasteiger partial charge in [-0.3, -0.25) is 4.18 Å². The average molecular weight is 445 g/mol. The molecule has 0 aliphatic carbocycles. The molecule has 0 N–H and O–H groups in total. The summed E-state index contributed by atoms with van der Waals surface area (Å²) in [5.41, 5.74) is 0. The van der Waals surface area contributed by atoms with E-state index in [1.54, 1.807) is 0 Å². The number of hydrogen-bond acceptors (Lipinski definition) is 4. The monoisotopic (exact) mass is 444 g/mol. The van der Waals surface area contributed by atoms with Crippen molar-refractivity contribution in [3.63, 3.8) is 0 Å². The molecule has 0 aliphatic rings. The summed E-state index contributed by atoms with van der Waals surface area (Å²) in [5, 5.41) is 0. The zero-order valence-electron chi connectivity index (χ0n) is 19.1. The summed E-state index contributed by atoms with van der Waals surface area (Å²) in [4.78, 5) is 0. The summed E-state index contributed by atoms with van der Waals surface area (Å²) in [7, 11) is -4.56. The first-order valence-electron chi connectivity index (χ1n) is 11.6. The van der Waals surface area contributed by atoms with Crippen molar-refractivity contribution in [2.75, 3.05) is 6.61 Å². The first-order valence-corrected chi connectivity index (χ1v) is 12.9. The van der Waals surface area contributed by atoms with E-state index in [1.165, 1.54) is 89.9 Å². The van der Waals surface area contributed by atoms with Gasteiger partial charge in [0.1, 0.15) is 0 Å². The zero-order chi connectivity index (χ0) is 20.2. The second kappa shape index (κ2) is 23.2. The SMILES string of the molecule is CCCCCCCCCCCCC(CCCCCCCC)COS(=O)(=O)[O-].[K+]. The topological polar surface area (TPSA) is 66.4 Å². The molecule has 0 saturated heterocycles. The summed E-state index contributed by atoms with van der Waals surface area (Å²) in [6.45, 7) is 4.53. The van der Waals surface area contributed by atoms with Gasteiger partial charge < -0.3 is 4.55 Å². The van der Waals surface area contributed by atoms with Crippen LogP contribution >= 0.6 is 0 Å². The third-order valence-corrected chi connectivity index (χ3v) is 5.80. The normalized spacial score (nSPS) is 12.7. The molecule has 0 aliphatic heterocycles. The Morgan fingerprint density at radius 1 is 0.643 bits per heavy atom. The Kier molecular flexibility index (Phi) is 26.2. The van der Waals surface area contributed by atoms with Crippen LogP contribution in [-0.4, -0.2) is 19.6 Å². The zero-order valence-corrected chi connectivity index (χ0v) is 23.0. The second-order valence-corrected chi connectivity index (χ2v) is 9.14. The van der Waals surface area contributed by atoms with Crippen LogP contribution in [0.5, 0.6) is 0 Å². The van der Waals surface area contributed by atoms with E-state index in [0.717, 1.165) is 25.7 Å². The molecular weight excluding hydrogens is 399 g/mol. The molecule has 0 amide bonds. The van der Waals surface area contributed by atoms with Gasteiger partial charge in [-0.15, -0.1) is 0 Å². The van der Waals surface area contributed by atoms with E-state index in [1.807, 2.05) is 0 Å². The molecule has 0 bridgehead atoms. The van der Waals surface area contributed by atoms with Crippen LogP contribution < -0.4 is 51.4 Å². The van der Waals surface area contributed by atoms with Gasteiger partial charge in [0.15, 0.2) is 0 Å². The van der Waals surface area contributed by atoms with Crippen molar-refractivity contribution >= 4 is 10.4 Å². The second-order valence-electron chi connectivity index (χ2n) is 8.09. The third kappa shape index (κ3) is 25.5. The van der Waals surface area contributed by atoms with Gasteiger partial charge in [0, 0.05) is 0 Å². The van der Waals surface area contributed by atoms with Crippen LogP contribution in [0.3, 0.4) is 0 Å². The molecule has 0 rings (SSSR count). The van der Waals surface area contributed by atoms with Gasteiger partial charge in [-0.1, -0.05) is 117 Å². The minimum atomic E-state index is -4.56. The molecule has 1 unspecified atom stereocenters. The van der Waals surface area contributed by atoms with Crippen molar-refractivity contribution in [3.8, 4) is 0 Å². The molecule has 0 fully saturated rings. The van der Waals surface area contributed by atoms with Gasteiger partial charge >= 0.3 is 51.4 Å². The predicted octanol–water partition coefficient (Wildman–Crippen LogP) is 4.15. The van der Waals surface area contributed by atoms with E-state index in [2.05, 4.69) is 18.0 Å². The summed E-state index contributed by atoms with van der Waals surface area (Å²) < 4.78 is 36.8. The molecule has 0 saturated carbocycles. The maximum atomic E-state index is 10.7. The van der Waals surface area contributed by atoms with Gasteiger partial charge in [0.05, 0.1) is 6.61 Å². The molecular formula is C22H45KO4S. The fraction of sp³-hybridized carbons (Fsp3) is 1.00. The Morgan fingerprint density at radius 3 is 1.29 bits per heavy atom. The smallest absolute Gasteiger partial charge is 0.726 e. The number of hydrogen-bond donors (Lipinski definition) is 0. The van der Waals surface area contributed by atoms with Crippen molar-refractivity contribution in [3.05, 3.63) is 0 Å². The molecule has 0 heterocycles. The standard InChI is InChI=1S/C22H46O4S.K/c1-3-5-7-9-11-12-13-14-16-18-20-22(21-26-27(23,24)25)19-17-15-10-8-6-4-2;/h22H,3-21H2,1-2H3,(H,23,24,25);/q;+1/p-1. The Bertz CT molecular complexity index is 401. The molecule has 1 atom stereocenters. The molecule has 4 nitrogen and oxygen atoms in total. The third-order valence-electron chi connectivity index (χ3n) is 5.38. The quantitative estimate of drug-likeness (QED) is 0.115. The minimum Gasteiger partial charge on any atom is -0.726 e. The Hall–Kier alpha value is 1.51. The van der Waals surface area contributed by atoms with Gasteiger partial charge in [0.25, 0.3) is 0 Å². The van der Waals surface area contributed by atoms with Crippen LogP contribution in [-0.2, 0) is 14.6 Å². The van der Waals surface area contributed by atoms with Crippen molar-refractivity contribution in [1.82, 2.24) is 0 Å². The van der Waals surface area contributed by atoms with Gasteiger partial charge in [-0.2, -0.15) is 0 Å². The van der Waals surface area contributed by atoms with E-state index in [-0.39, 0.29) is 63.9 Å².